The van der Waals surface area contributed by atoms with E-state index in [0.29, 0.717) is 5.69 Å². The summed E-state index contributed by atoms with van der Waals surface area (Å²) < 4.78 is 5.29. The van der Waals surface area contributed by atoms with Gasteiger partial charge in [-0.15, -0.1) is 11.8 Å². The van der Waals surface area contributed by atoms with Crippen LogP contribution in [0.25, 0.3) is 0 Å². The summed E-state index contributed by atoms with van der Waals surface area (Å²) in [7, 11) is 0. The van der Waals surface area contributed by atoms with Crippen LogP contribution in [-0.2, 0) is 14.3 Å². The van der Waals surface area contributed by atoms with Crippen LogP contribution in [0.4, 0.5) is 5.69 Å². The largest absolute Gasteiger partial charge is 0.454 e. The number of benzene rings is 3. The molecule has 0 aromatic heterocycles. The van der Waals surface area contributed by atoms with Crippen molar-refractivity contribution >= 4 is 29.3 Å². The van der Waals surface area contributed by atoms with Crippen LogP contribution in [0.3, 0.4) is 0 Å². The number of carbonyl (C=O) groups is 2. The molecule has 136 valence electrons. The first-order valence-electron chi connectivity index (χ1n) is 8.50. The van der Waals surface area contributed by atoms with E-state index >= 15 is 0 Å². The van der Waals surface area contributed by atoms with Gasteiger partial charge in [0, 0.05) is 10.6 Å². The molecule has 5 heteroatoms. The summed E-state index contributed by atoms with van der Waals surface area (Å²) in [6.07, 6.45) is 0. The molecular weight excluding hydrogens is 358 g/mol. The topological polar surface area (TPSA) is 55.4 Å². The molecule has 0 heterocycles. The predicted octanol–water partition coefficient (Wildman–Crippen LogP) is 4.70. The van der Waals surface area contributed by atoms with Crippen LogP contribution in [-0.4, -0.2) is 18.5 Å². The lowest BCUT2D eigenvalue weighted by Gasteiger charge is -2.16. The second-order valence-corrected chi connectivity index (χ2v) is 6.92. The fourth-order valence-electron chi connectivity index (χ4n) is 2.45. The van der Waals surface area contributed by atoms with Gasteiger partial charge < -0.3 is 10.1 Å². The first-order valence-corrected chi connectivity index (χ1v) is 9.38. The Morgan fingerprint density at radius 3 is 2.00 bits per heavy atom. The minimum absolute atomic E-state index is 0.327. The Kier molecular flexibility index (Phi) is 6.66. The van der Waals surface area contributed by atoms with E-state index in [0.717, 1.165) is 10.5 Å². The summed E-state index contributed by atoms with van der Waals surface area (Å²) in [5, 5.41) is 2.16. The SMILES string of the molecule is O=C(COC(=O)[C@@H](Sc1ccccc1)c1ccccc1)Nc1ccccc1. The Hall–Kier alpha value is -3.05. The lowest BCUT2D eigenvalue weighted by atomic mass is 10.1. The Labute approximate surface area is 162 Å². The number of anilines is 1. The Bertz CT molecular complexity index is 870. The molecule has 27 heavy (non-hydrogen) atoms. The molecule has 0 saturated carbocycles. The van der Waals surface area contributed by atoms with E-state index in [9.17, 15) is 9.59 Å². The van der Waals surface area contributed by atoms with Gasteiger partial charge in [-0.25, -0.2) is 0 Å². The number of hydrogen-bond donors (Lipinski definition) is 1. The number of carbonyl (C=O) groups excluding carboxylic acids is 2. The van der Waals surface area contributed by atoms with Gasteiger partial charge in [-0.2, -0.15) is 0 Å². The van der Waals surface area contributed by atoms with Gasteiger partial charge in [-0.3, -0.25) is 9.59 Å². The van der Waals surface area contributed by atoms with E-state index in [1.165, 1.54) is 11.8 Å². The third-order valence-electron chi connectivity index (χ3n) is 3.72. The highest BCUT2D eigenvalue weighted by atomic mass is 32.2. The van der Waals surface area contributed by atoms with Crippen LogP contribution in [0.15, 0.2) is 95.9 Å². The van der Waals surface area contributed by atoms with Gasteiger partial charge in [-0.1, -0.05) is 66.7 Å². The molecule has 3 aromatic rings. The van der Waals surface area contributed by atoms with E-state index in [1.54, 1.807) is 12.1 Å². The molecule has 0 aliphatic rings. The van der Waals surface area contributed by atoms with Crippen LogP contribution in [0.2, 0.25) is 0 Å². The molecular formula is C22H19NO3S. The van der Waals surface area contributed by atoms with Crippen LogP contribution in [0.1, 0.15) is 10.8 Å². The van der Waals surface area contributed by atoms with E-state index in [4.69, 9.17) is 4.74 Å². The third kappa shape index (κ3) is 5.72. The van der Waals surface area contributed by atoms with E-state index in [1.807, 2.05) is 78.9 Å². The monoisotopic (exact) mass is 377 g/mol. The van der Waals surface area contributed by atoms with Crippen LogP contribution >= 0.6 is 11.8 Å². The maximum atomic E-state index is 12.7. The van der Waals surface area contributed by atoms with Crippen molar-refractivity contribution in [3.63, 3.8) is 0 Å². The standard InChI is InChI=1S/C22H19NO3S/c24-20(23-18-12-6-2-7-13-18)16-26-22(25)21(17-10-4-1-5-11-17)27-19-14-8-3-9-15-19/h1-15,21H,16H2,(H,23,24)/t21-/m0/s1. The number of esters is 1. The van der Waals surface area contributed by atoms with Gasteiger partial charge in [0.05, 0.1) is 0 Å². The molecule has 0 bridgehead atoms. The Balaban J connectivity index is 1.65. The second kappa shape index (κ2) is 9.59. The van der Waals surface area contributed by atoms with Gasteiger partial charge >= 0.3 is 5.97 Å². The number of para-hydroxylation sites is 1. The van der Waals surface area contributed by atoms with E-state index in [-0.39, 0.29) is 12.5 Å². The molecule has 0 aliphatic carbocycles. The average Bonchev–Trinajstić information content (AvgIpc) is 2.72. The first-order chi connectivity index (χ1) is 13.2. The van der Waals surface area contributed by atoms with Crippen molar-refractivity contribution in [3.05, 3.63) is 96.6 Å². The average molecular weight is 377 g/mol. The van der Waals surface area contributed by atoms with E-state index < -0.39 is 11.2 Å². The maximum absolute atomic E-state index is 12.7. The van der Waals surface area contributed by atoms with Crippen molar-refractivity contribution in [2.75, 3.05) is 11.9 Å². The summed E-state index contributed by atoms with van der Waals surface area (Å²) in [5.74, 6) is -0.815. The van der Waals surface area contributed by atoms with Gasteiger partial charge in [0.25, 0.3) is 5.91 Å². The van der Waals surface area contributed by atoms with Crippen molar-refractivity contribution in [3.8, 4) is 0 Å². The number of amides is 1. The fourth-order valence-corrected chi connectivity index (χ4v) is 3.49. The van der Waals surface area contributed by atoms with Crippen molar-refractivity contribution < 1.29 is 14.3 Å². The first kappa shape index (κ1) is 18.7. The lowest BCUT2D eigenvalue weighted by Crippen LogP contribution is -2.23. The summed E-state index contributed by atoms with van der Waals surface area (Å²) in [4.78, 5) is 25.7. The van der Waals surface area contributed by atoms with Crippen molar-refractivity contribution in [2.24, 2.45) is 0 Å². The quantitative estimate of drug-likeness (QED) is 0.479. The van der Waals surface area contributed by atoms with Gasteiger partial charge in [0.2, 0.25) is 0 Å². The summed E-state index contributed by atoms with van der Waals surface area (Å²) in [6.45, 7) is -0.327. The molecule has 4 nitrogen and oxygen atoms in total. The number of thioether (sulfide) groups is 1. The fraction of sp³-hybridized carbons (Fsp3) is 0.0909. The van der Waals surface area contributed by atoms with Gasteiger partial charge in [0.15, 0.2) is 6.61 Å². The second-order valence-electron chi connectivity index (χ2n) is 5.74. The van der Waals surface area contributed by atoms with Gasteiger partial charge in [-0.05, 0) is 29.8 Å². The van der Waals surface area contributed by atoms with Crippen molar-refractivity contribution in [1.82, 2.24) is 0 Å². The Morgan fingerprint density at radius 1 is 0.815 bits per heavy atom. The van der Waals surface area contributed by atoms with E-state index in [2.05, 4.69) is 5.32 Å². The number of nitrogens with one attached hydrogen (secondary N) is 1. The zero-order valence-electron chi connectivity index (χ0n) is 14.6. The minimum atomic E-state index is -0.543. The summed E-state index contributed by atoms with van der Waals surface area (Å²) >= 11 is 1.40. The number of hydrogen-bond acceptors (Lipinski definition) is 4. The predicted molar refractivity (Wildman–Crippen MR) is 108 cm³/mol. The third-order valence-corrected chi connectivity index (χ3v) is 4.96. The normalized spacial score (nSPS) is 11.4. The Morgan fingerprint density at radius 2 is 1.37 bits per heavy atom. The molecule has 0 aliphatic heterocycles. The van der Waals surface area contributed by atoms with Crippen LogP contribution in [0, 0.1) is 0 Å². The van der Waals surface area contributed by atoms with Crippen molar-refractivity contribution in [1.29, 1.82) is 0 Å². The molecule has 1 atom stereocenters. The molecule has 3 rings (SSSR count). The highest BCUT2D eigenvalue weighted by Crippen LogP contribution is 2.36. The lowest BCUT2D eigenvalue weighted by molar-refractivity contribution is -0.146. The smallest absolute Gasteiger partial charge is 0.324 e. The minimum Gasteiger partial charge on any atom is -0.454 e. The summed E-state index contributed by atoms with van der Waals surface area (Å²) in [6, 6.07) is 28.1. The molecule has 1 amide bonds. The number of rotatable bonds is 7. The molecule has 0 unspecified atom stereocenters. The zero-order chi connectivity index (χ0) is 18.9. The van der Waals surface area contributed by atoms with Gasteiger partial charge in [0.1, 0.15) is 5.25 Å². The highest BCUT2D eigenvalue weighted by molar-refractivity contribution is 8.00. The zero-order valence-corrected chi connectivity index (χ0v) is 15.4. The number of ether oxygens (including phenoxy) is 1. The molecule has 3 aromatic carbocycles. The van der Waals surface area contributed by atoms with Crippen LogP contribution < -0.4 is 5.32 Å². The maximum Gasteiger partial charge on any atom is 0.324 e. The van der Waals surface area contributed by atoms with Crippen molar-refractivity contribution in [2.45, 2.75) is 10.1 Å². The summed E-state index contributed by atoms with van der Waals surface area (Å²) in [5.41, 5.74) is 1.50. The van der Waals surface area contributed by atoms with Crippen LogP contribution in [0.5, 0.6) is 0 Å². The molecule has 1 N–H and O–H groups in total. The molecule has 0 saturated heterocycles. The molecule has 0 radical (unpaired) electrons. The molecule has 0 spiro atoms. The molecule has 0 fully saturated rings. The highest BCUT2D eigenvalue weighted by Gasteiger charge is 2.24.